The highest BCUT2D eigenvalue weighted by Gasteiger charge is 2.18. The van der Waals surface area contributed by atoms with Gasteiger partial charge in [0.05, 0.1) is 12.2 Å². The van der Waals surface area contributed by atoms with Gasteiger partial charge in [-0.05, 0) is 74.2 Å². The van der Waals surface area contributed by atoms with E-state index in [0.29, 0.717) is 35.6 Å². The van der Waals surface area contributed by atoms with Crippen molar-refractivity contribution in [1.29, 1.82) is 0 Å². The van der Waals surface area contributed by atoms with Crippen LogP contribution in [0.2, 0.25) is 0 Å². The van der Waals surface area contributed by atoms with E-state index in [2.05, 4.69) is 21.3 Å². The highest BCUT2D eigenvalue weighted by atomic mass is 16.5. The minimum Gasteiger partial charge on any atom is -0.376 e. The van der Waals surface area contributed by atoms with Crippen molar-refractivity contribution in [3.8, 4) is 0 Å². The molecule has 4 rings (SSSR count). The second-order valence-electron chi connectivity index (χ2n) is 9.44. The molecule has 2 unspecified atom stereocenters. The zero-order valence-electron chi connectivity index (χ0n) is 21.3. The number of hydrogen-bond acceptors (Lipinski definition) is 6. The number of anilines is 2. The van der Waals surface area contributed by atoms with E-state index in [1.807, 2.05) is 0 Å². The summed E-state index contributed by atoms with van der Waals surface area (Å²) in [7, 11) is 0. The summed E-state index contributed by atoms with van der Waals surface area (Å²) in [4.78, 5) is 49.1. The van der Waals surface area contributed by atoms with Crippen molar-refractivity contribution in [2.24, 2.45) is 0 Å². The number of ether oxygens (including phenoxy) is 2. The van der Waals surface area contributed by atoms with Crippen molar-refractivity contribution in [2.75, 3.05) is 36.9 Å². The van der Waals surface area contributed by atoms with Crippen LogP contribution in [-0.4, -0.2) is 62.1 Å². The van der Waals surface area contributed by atoms with Gasteiger partial charge < -0.3 is 30.7 Å². The third-order valence-electron chi connectivity index (χ3n) is 6.47. The number of rotatable bonds is 11. The molecule has 2 aliphatic heterocycles. The van der Waals surface area contributed by atoms with Crippen LogP contribution in [-0.2, 0) is 19.1 Å². The minimum absolute atomic E-state index is 0.000807. The lowest BCUT2D eigenvalue weighted by Gasteiger charge is -2.11. The molecule has 2 saturated heterocycles. The average Bonchev–Trinajstić information content (AvgIpc) is 3.65. The largest absolute Gasteiger partial charge is 0.376 e. The van der Waals surface area contributed by atoms with E-state index in [4.69, 9.17) is 9.47 Å². The minimum atomic E-state index is -0.311. The molecule has 4 amide bonds. The highest BCUT2D eigenvalue weighted by molar-refractivity contribution is 5.98. The monoisotopic (exact) mass is 522 g/mol. The molecule has 2 fully saturated rings. The Kier molecular flexibility index (Phi) is 9.83. The lowest BCUT2D eigenvalue weighted by molar-refractivity contribution is -0.121. The first-order valence-corrected chi connectivity index (χ1v) is 13.1. The summed E-state index contributed by atoms with van der Waals surface area (Å²) in [5, 5.41) is 11.2. The maximum absolute atomic E-state index is 12.3. The molecule has 0 saturated carbocycles. The zero-order chi connectivity index (χ0) is 26.7. The van der Waals surface area contributed by atoms with Gasteiger partial charge in [-0.25, -0.2) is 0 Å². The first kappa shape index (κ1) is 27.3. The first-order chi connectivity index (χ1) is 18.5. The SMILES string of the molecule is O=C(CCC(=O)Nc1ccc(C(=O)NCC2CCCO2)cc1)Nc1ccc(C(=O)NCC2CCCO2)cc1. The lowest BCUT2D eigenvalue weighted by Crippen LogP contribution is -2.31. The first-order valence-electron chi connectivity index (χ1n) is 13.1. The van der Waals surface area contributed by atoms with Gasteiger partial charge in [-0.2, -0.15) is 0 Å². The van der Waals surface area contributed by atoms with Crippen molar-refractivity contribution >= 4 is 35.0 Å². The fraction of sp³-hybridized carbons (Fsp3) is 0.429. The molecular formula is C28H34N4O6. The Labute approximate surface area is 221 Å². The van der Waals surface area contributed by atoms with Gasteiger partial charge in [0, 0.05) is 61.6 Å². The van der Waals surface area contributed by atoms with Gasteiger partial charge in [-0.15, -0.1) is 0 Å². The van der Waals surface area contributed by atoms with E-state index in [1.54, 1.807) is 48.5 Å². The number of benzene rings is 2. The van der Waals surface area contributed by atoms with Crippen LogP contribution in [0.4, 0.5) is 11.4 Å². The van der Waals surface area contributed by atoms with Gasteiger partial charge >= 0.3 is 0 Å². The Bertz CT molecular complexity index is 1020. The third kappa shape index (κ3) is 8.39. The molecular weight excluding hydrogens is 488 g/mol. The smallest absolute Gasteiger partial charge is 0.251 e. The van der Waals surface area contributed by atoms with Gasteiger partial charge in [0.1, 0.15) is 0 Å². The predicted molar refractivity (Wildman–Crippen MR) is 142 cm³/mol. The molecule has 0 aliphatic carbocycles. The van der Waals surface area contributed by atoms with Crippen LogP contribution in [0.1, 0.15) is 59.2 Å². The van der Waals surface area contributed by atoms with Crippen LogP contribution >= 0.6 is 0 Å². The molecule has 2 heterocycles. The predicted octanol–water partition coefficient (Wildman–Crippen LogP) is 2.86. The normalized spacial score (nSPS) is 18.5. The molecule has 2 aliphatic rings. The Balaban J connectivity index is 1.14. The van der Waals surface area contributed by atoms with Crippen LogP contribution in [0.15, 0.2) is 48.5 Å². The topological polar surface area (TPSA) is 135 Å². The van der Waals surface area contributed by atoms with E-state index in [0.717, 1.165) is 38.9 Å². The van der Waals surface area contributed by atoms with E-state index < -0.39 is 0 Å². The highest BCUT2D eigenvalue weighted by Crippen LogP contribution is 2.15. The van der Waals surface area contributed by atoms with E-state index in [1.165, 1.54) is 0 Å². The van der Waals surface area contributed by atoms with Crippen LogP contribution in [0.25, 0.3) is 0 Å². The molecule has 0 radical (unpaired) electrons. The summed E-state index contributed by atoms with van der Waals surface area (Å²) < 4.78 is 11.0. The second kappa shape index (κ2) is 13.7. The molecule has 0 bridgehead atoms. The Morgan fingerprint density at radius 3 is 1.37 bits per heavy atom. The molecule has 2 atom stereocenters. The molecule has 2 aromatic rings. The number of carbonyl (C=O) groups is 4. The summed E-state index contributed by atoms with van der Waals surface area (Å²) in [5.41, 5.74) is 2.07. The fourth-order valence-corrected chi connectivity index (χ4v) is 4.31. The quantitative estimate of drug-likeness (QED) is 0.359. The molecule has 2 aromatic carbocycles. The Morgan fingerprint density at radius 2 is 1.03 bits per heavy atom. The van der Waals surface area contributed by atoms with Crippen LogP contribution in [0.5, 0.6) is 0 Å². The van der Waals surface area contributed by atoms with Gasteiger partial charge in [0.2, 0.25) is 11.8 Å². The number of hydrogen-bond donors (Lipinski definition) is 4. The van der Waals surface area contributed by atoms with Crippen molar-refractivity contribution in [3.63, 3.8) is 0 Å². The maximum Gasteiger partial charge on any atom is 0.251 e. The fourth-order valence-electron chi connectivity index (χ4n) is 4.31. The Hall–Kier alpha value is -3.76. The van der Waals surface area contributed by atoms with Gasteiger partial charge in [0.15, 0.2) is 0 Å². The summed E-state index contributed by atoms with van der Waals surface area (Å²) in [5.74, 6) is -1.01. The summed E-state index contributed by atoms with van der Waals surface area (Å²) in [6.45, 7) is 2.44. The molecule has 10 nitrogen and oxygen atoms in total. The van der Waals surface area contributed by atoms with Crippen LogP contribution in [0.3, 0.4) is 0 Å². The third-order valence-corrected chi connectivity index (χ3v) is 6.47. The van der Waals surface area contributed by atoms with Gasteiger partial charge in [0.25, 0.3) is 11.8 Å². The molecule has 0 spiro atoms. The summed E-state index contributed by atoms with van der Waals surface area (Å²) in [6.07, 6.45) is 4.07. The lowest BCUT2D eigenvalue weighted by atomic mass is 10.1. The summed E-state index contributed by atoms with van der Waals surface area (Å²) >= 11 is 0. The molecule has 10 heteroatoms. The van der Waals surface area contributed by atoms with Crippen LogP contribution < -0.4 is 21.3 Å². The summed E-state index contributed by atoms with van der Waals surface area (Å²) in [6, 6.07) is 13.2. The average molecular weight is 523 g/mol. The number of amides is 4. The molecule has 38 heavy (non-hydrogen) atoms. The van der Waals surface area contributed by atoms with Crippen LogP contribution in [0, 0.1) is 0 Å². The Morgan fingerprint density at radius 1 is 0.632 bits per heavy atom. The maximum atomic E-state index is 12.3. The number of carbonyl (C=O) groups excluding carboxylic acids is 4. The van der Waals surface area contributed by atoms with E-state index in [9.17, 15) is 19.2 Å². The standard InChI is InChI=1S/C28H34N4O6/c33-25(31-21-9-5-19(6-10-21)27(35)29-17-23-3-1-15-37-23)13-14-26(34)32-22-11-7-20(8-12-22)28(36)30-18-24-4-2-16-38-24/h5-12,23-24H,1-4,13-18H2,(H,29,35)(H,30,36)(H,31,33)(H,32,34). The van der Waals surface area contributed by atoms with Crippen molar-refractivity contribution in [2.45, 2.75) is 50.7 Å². The molecule has 4 N–H and O–H groups in total. The molecule has 0 aromatic heterocycles. The van der Waals surface area contributed by atoms with Gasteiger partial charge in [-0.1, -0.05) is 0 Å². The van der Waals surface area contributed by atoms with Crippen molar-refractivity contribution < 1.29 is 28.7 Å². The second-order valence-corrected chi connectivity index (χ2v) is 9.44. The van der Waals surface area contributed by atoms with Crippen molar-refractivity contribution in [3.05, 3.63) is 59.7 Å². The van der Waals surface area contributed by atoms with Gasteiger partial charge in [-0.3, -0.25) is 19.2 Å². The van der Waals surface area contributed by atoms with E-state index in [-0.39, 0.29) is 48.7 Å². The zero-order valence-corrected chi connectivity index (χ0v) is 21.3. The molecule has 202 valence electrons. The number of nitrogens with one attached hydrogen (secondary N) is 4. The van der Waals surface area contributed by atoms with Crippen molar-refractivity contribution in [1.82, 2.24) is 10.6 Å². The van der Waals surface area contributed by atoms with E-state index >= 15 is 0 Å².